The Hall–Kier alpha value is -2.10. The molecule has 5 nitrogen and oxygen atoms in total. The Morgan fingerprint density at radius 2 is 1.96 bits per heavy atom. The molecule has 2 heterocycles. The maximum Gasteiger partial charge on any atom is 0.240 e. The van der Waals surface area contributed by atoms with Gasteiger partial charge in [0, 0.05) is 29.9 Å². The molecule has 126 valence electrons. The summed E-state index contributed by atoms with van der Waals surface area (Å²) in [7, 11) is -4.05. The van der Waals surface area contributed by atoms with Crippen LogP contribution in [0.1, 0.15) is 10.9 Å². The second-order valence-corrected chi connectivity index (χ2v) is 7.72. The lowest BCUT2D eigenvalue weighted by molar-refractivity contribution is 0.510. The lowest BCUT2D eigenvalue weighted by Crippen LogP contribution is -2.31. The molecule has 1 atom stereocenters. The Kier molecular flexibility index (Phi) is 4.74. The highest BCUT2D eigenvalue weighted by atomic mass is 32.2. The van der Waals surface area contributed by atoms with Crippen molar-refractivity contribution < 1.29 is 17.2 Å². The molecule has 0 saturated heterocycles. The normalized spacial score (nSPS) is 13.1. The average Bonchev–Trinajstić information content (AvgIpc) is 3.20. The second-order valence-electron chi connectivity index (χ2n) is 4.97. The Morgan fingerprint density at radius 3 is 2.54 bits per heavy atom. The van der Waals surface area contributed by atoms with Crippen LogP contribution in [0.5, 0.6) is 0 Å². The minimum atomic E-state index is -4.05. The van der Waals surface area contributed by atoms with Crippen LogP contribution < -0.4 is 4.72 Å². The highest BCUT2D eigenvalue weighted by Gasteiger charge is 2.21. The quantitative estimate of drug-likeness (QED) is 0.727. The largest absolute Gasteiger partial charge is 0.263 e. The van der Waals surface area contributed by atoms with Crippen LogP contribution in [-0.4, -0.2) is 24.7 Å². The van der Waals surface area contributed by atoms with Gasteiger partial charge in [0.25, 0.3) is 0 Å². The zero-order valence-electron chi connectivity index (χ0n) is 12.3. The molecule has 24 heavy (non-hydrogen) atoms. The maximum absolute atomic E-state index is 13.3. The van der Waals surface area contributed by atoms with Gasteiger partial charge in [-0.15, -0.1) is 11.3 Å². The van der Waals surface area contributed by atoms with Gasteiger partial charge in [0.15, 0.2) is 0 Å². The van der Waals surface area contributed by atoms with Crippen molar-refractivity contribution in [2.45, 2.75) is 10.9 Å². The molecule has 0 aliphatic carbocycles. The summed E-state index contributed by atoms with van der Waals surface area (Å²) in [6, 6.07) is 7.28. The van der Waals surface area contributed by atoms with Gasteiger partial charge in [0.05, 0.1) is 10.9 Å². The van der Waals surface area contributed by atoms with Gasteiger partial charge < -0.3 is 0 Å². The van der Waals surface area contributed by atoms with Gasteiger partial charge in [-0.2, -0.15) is 5.10 Å². The van der Waals surface area contributed by atoms with Crippen LogP contribution in [0.3, 0.4) is 0 Å². The molecule has 1 aromatic carbocycles. The zero-order chi connectivity index (χ0) is 17.2. The predicted molar refractivity (Wildman–Crippen MR) is 86.2 cm³/mol. The standard InChI is InChI=1S/C15H13F2N3O2S2/c16-11-7-12(17)9-13(8-11)24(21,22)19-10-14(15-3-1-6-23-15)20-5-2-4-18-20/h1-9,14,19H,10H2. The van der Waals surface area contributed by atoms with E-state index in [2.05, 4.69) is 9.82 Å². The summed E-state index contributed by atoms with van der Waals surface area (Å²) < 4.78 is 55.2. The Balaban J connectivity index is 1.84. The molecule has 2 aromatic heterocycles. The molecule has 3 rings (SSSR count). The number of aromatic nitrogens is 2. The van der Waals surface area contributed by atoms with Crippen molar-refractivity contribution in [3.63, 3.8) is 0 Å². The summed E-state index contributed by atoms with van der Waals surface area (Å²) in [6.07, 6.45) is 3.32. The molecule has 0 saturated carbocycles. The number of nitrogens with one attached hydrogen (secondary N) is 1. The Morgan fingerprint density at radius 1 is 1.21 bits per heavy atom. The average molecular weight is 369 g/mol. The van der Waals surface area contributed by atoms with Crippen molar-refractivity contribution in [3.8, 4) is 0 Å². The molecule has 0 amide bonds. The third kappa shape index (κ3) is 3.69. The topological polar surface area (TPSA) is 64.0 Å². The van der Waals surface area contributed by atoms with Gasteiger partial charge in [-0.05, 0) is 29.6 Å². The van der Waals surface area contributed by atoms with Crippen LogP contribution in [0.2, 0.25) is 0 Å². The van der Waals surface area contributed by atoms with Crippen molar-refractivity contribution >= 4 is 21.4 Å². The molecular weight excluding hydrogens is 356 g/mol. The molecule has 0 fully saturated rings. The van der Waals surface area contributed by atoms with E-state index in [1.54, 1.807) is 23.1 Å². The highest BCUT2D eigenvalue weighted by molar-refractivity contribution is 7.89. The fourth-order valence-electron chi connectivity index (χ4n) is 2.23. The summed E-state index contributed by atoms with van der Waals surface area (Å²) in [5.74, 6) is -1.89. The van der Waals surface area contributed by atoms with E-state index in [1.807, 2.05) is 17.5 Å². The van der Waals surface area contributed by atoms with E-state index in [-0.39, 0.29) is 12.6 Å². The van der Waals surface area contributed by atoms with Crippen LogP contribution in [0.4, 0.5) is 8.78 Å². The zero-order valence-corrected chi connectivity index (χ0v) is 13.9. The fourth-order valence-corrected chi connectivity index (χ4v) is 4.13. The molecule has 1 N–H and O–H groups in total. The van der Waals surface area contributed by atoms with E-state index in [0.717, 1.165) is 17.0 Å². The second kappa shape index (κ2) is 6.80. The molecule has 0 bridgehead atoms. The summed E-state index contributed by atoms with van der Waals surface area (Å²) in [5.41, 5.74) is 0. The Bertz CT molecular complexity index is 856. The lowest BCUT2D eigenvalue weighted by atomic mass is 10.2. The summed E-state index contributed by atoms with van der Waals surface area (Å²) in [4.78, 5) is 0.456. The van der Waals surface area contributed by atoms with Gasteiger partial charge in [0.1, 0.15) is 11.6 Å². The van der Waals surface area contributed by atoms with Gasteiger partial charge in [-0.3, -0.25) is 4.68 Å². The number of rotatable bonds is 6. The summed E-state index contributed by atoms with van der Waals surface area (Å²) in [5, 5.41) is 6.02. The molecule has 0 spiro atoms. The van der Waals surface area contributed by atoms with E-state index < -0.39 is 26.6 Å². The molecule has 9 heteroatoms. The van der Waals surface area contributed by atoms with Crippen LogP contribution in [-0.2, 0) is 10.0 Å². The van der Waals surface area contributed by atoms with Crippen LogP contribution in [0, 0.1) is 11.6 Å². The monoisotopic (exact) mass is 369 g/mol. The van der Waals surface area contributed by atoms with Crippen molar-refractivity contribution in [3.05, 3.63) is 70.7 Å². The first-order valence-corrected chi connectivity index (χ1v) is 9.30. The van der Waals surface area contributed by atoms with Gasteiger partial charge in [-0.25, -0.2) is 21.9 Å². The highest BCUT2D eigenvalue weighted by Crippen LogP contribution is 2.23. The van der Waals surface area contributed by atoms with E-state index in [0.29, 0.717) is 6.07 Å². The maximum atomic E-state index is 13.3. The van der Waals surface area contributed by atoms with Crippen LogP contribution >= 0.6 is 11.3 Å². The van der Waals surface area contributed by atoms with E-state index in [4.69, 9.17) is 0 Å². The molecule has 0 aliphatic heterocycles. The molecule has 0 aliphatic rings. The summed E-state index contributed by atoms with van der Waals surface area (Å²) in [6.45, 7) is 0.00264. The molecule has 1 unspecified atom stereocenters. The number of hydrogen-bond donors (Lipinski definition) is 1. The van der Waals surface area contributed by atoms with E-state index in [1.165, 1.54) is 11.3 Å². The molecular formula is C15H13F2N3O2S2. The molecule has 0 radical (unpaired) electrons. The molecule has 3 aromatic rings. The van der Waals surface area contributed by atoms with Crippen LogP contribution in [0.25, 0.3) is 0 Å². The van der Waals surface area contributed by atoms with Gasteiger partial charge in [-0.1, -0.05) is 6.07 Å². The third-order valence-electron chi connectivity index (χ3n) is 3.33. The Labute approximate surface area is 141 Å². The van der Waals surface area contributed by atoms with Crippen molar-refractivity contribution in [2.24, 2.45) is 0 Å². The van der Waals surface area contributed by atoms with Gasteiger partial charge >= 0.3 is 0 Å². The number of thiophene rings is 1. The number of halogens is 2. The third-order valence-corrected chi connectivity index (χ3v) is 5.71. The number of sulfonamides is 1. The first-order chi connectivity index (χ1) is 11.5. The van der Waals surface area contributed by atoms with Gasteiger partial charge in [0.2, 0.25) is 10.0 Å². The van der Waals surface area contributed by atoms with Crippen molar-refractivity contribution in [2.75, 3.05) is 6.54 Å². The number of benzene rings is 1. The SMILES string of the molecule is O=S(=O)(NCC(c1cccs1)n1cccn1)c1cc(F)cc(F)c1. The number of nitrogens with zero attached hydrogens (tertiary/aromatic N) is 2. The summed E-state index contributed by atoms with van der Waals surface area (Å²) >= 11 is 1.46. The van der Waals surface area contributed by atoms with Crippen molar-refractivity contribution in [1.82, 2.24) is 14.5 Å². The first-order valence-electron chi connectivity index (χ1n) is 6.94. The minimum Gasteiger partial charge on any atom is -0.263 e. The van der Waals surface area contributed by atoms with Crippen molar-refractivity contribution in [1.29, 1.82) is 0 Å². The number of hydrogen-bond acceptors (Lipinski definition) is 4. The van der Waals surface area contributed by atoms with E-state index in [9.17, 15) is 17.2 Å². The van der Waals surface area contributed by atoms with Crippen LogP contribution in [0.15, 0.2) is 59.1 Å². The smallest absolute Gasteiger partial charge is 0.240 e. The minimum absolute atomic E-state index is 0.00264. The predicted octanol–water partition coefficient (Wildman–Crippen LogP) is 2.79. The first kappa shape index (κ1) is 16.7. The fraction of sp³-hybridized carbons (Fsp3) is 0.133. The lowest BCUT2D eigenvalue weighted by Gasteiger charge is -2.17. The van der Waals surface area contributed by atoms with E-state index >= 15 is 0 Å².